The van der Waals surface area contributed by atoms with Crippen LogP contribution in [0.25, 0.3) is 0 Å². The number of benzene rings is 3. The first-order chi connectivity index (χ1) is 11.3. The molecule has 2 atom stereocenters. The number of rotatable bonds is 2. The van der Waals surface area contributed by atoms with E-state index in [4.69, 9.17) is 4.74 Å². The molecule has 0 aliphatic carbocycles. The summed E-state index contributed by atoms with van der Waals surface area (Å²) in [5, 5.41) is 12.2. The van der Waals surface area contributed by atoms with Gasteiger partial charge in [-0.1, -0.05) is 78.9 Å². The minimum absolute atomic E-state index is 0.258. The van der Waals surface area contributed by atoms with Crippen LogP contribution in [-0.2, 0) is 0 Å². The van der Waals surface area contributed by atoms with Crippen LogP contribution in [0.2, 0.25) is 0 Å². The monoisotopic (exact) mass is 303 g/mol. The van der Waals surface area contributed by atoms with E-state index >= 15 is 0 Å². The van der Waals surface area contributed by atoms with Crippen molar-refractivity contribution in [3.63, 3.8) is 0 Å². The molecule has 0 saturated carbocycles. The highest BCUT2D eigenvalue weighted by atomic mass is 16.6. The molecule has 23 heavy (non-hydrogen) atoms. The highest BCUT2D eigenvalue weighted by Crippen LogP contribution is 2.43. The van der Waals surface area contributed by atoms with Gasteiger partial charge in [0.2, 0.25) is 6.23 Å². The van der Waals surface area contributed by atoms with Crippen LogP contribution in [0.4, 0.5) is 0 Å². The fourth-order valence-electron chi connectivity index (χ4n) is 3.07. The lowest BCUT2D eigenvalue weighted by atomic mass is 9.95. The maximum Gasteiger partial charge on any atom is 0.201 e. The lowest BCUT2D eigenvalue weighted by Gasteiger charge is -2.39. The van der Waals surface area contributed by atoms with Crippen LogP contribution in [0.1, 0.15) is 29.0 Å². The lowest BCUT2D eigenvalue weighted by molar-refractivity contribution is -0.220. The average molecular weight is 303 g/mol. The van der Waals surface area contributed by atoms with Crippen LogP contribution in [0, 0.1) is 0 Å². The maximum atomic E-state index is 10.9. The summed E-state index contributed by atoms with van der Waals surface area (Å²) in [6, 6.07) is 27.4. The molecule has 3 aromatic rings. The topological polar surface area (TPSA) is 32.7 Å². The molecule has 1 N–H and O–H groups in total. The van der Waals surface area contributed by atoms with E-state index in [0.29, 0.717) is 0 Å². The van der Waals surface area contributed by atoms with E-state index in [9.17, 15) is 5.21 Å². The van der Waals surface area contributed by atoms with Gasteiger partial charge in [0.15, 0.2) is 0 Å². The zero-order chi connectivity index (χ0) is 15.6. The summed E-state index contributed by atoms with van der Waals surface area (Å²) < 4.78 is 6.06. The average Bonchev–Trinajstić information content (AvgIpc) is 2.63. The molecule has 1 aliphatic rings. The van der Waals surface area contributed by atoms with Crippen LogP contribution in [-0.4, -0.2) is 10.3 Å². The Morgan fingerprint density at radius 1 is 0.696 bits per heavy atom. The maximum absolute atomic E-state index is 10.9. The molecular formula is C20H17NO2. The third kappa shape index (κ3) is 2.50. The van der Waals surface area contributed by atoms with Crippen molar-refractivity contribution in [3.05, 3.63) is 102 Å². The highest BCUT2D eigenvalue weighted by molar-refractivity contribution is 5.43. The number of nitrogens with zero attached hydrogens (tertiary/aromatic N) is 1. The Morgan fingerprint density at radius 2 is 1.26 bits per heavy atom. The number of para-hydroxylation sites is 1. The van der Waals surface area contributed by atoms with E-state index in [-0.39, 0.29) is 6.04 Å². The fraction of sp³-hybridized carbons (Fsp3) is 0.100. The molecule has 0 fully saturated rings. The van der Waals surface area contributed by atoms with Crippen molar-refractivity contribution in [3.8, 4) is 5.75 Å². The Balaban J connectivity index is 1.83. The smallest absolute Gasteiger partial charge is 0.201 e. The molecule has 0 amide bonds. The molecule has 0 aromatic heterocycles. The summed E-state index contributed by atoms with van der Waals surface area (Å²) >= 11 is 0. The van der Waals surface area contributed by atoms with Gasteiger partial charge in [0.1, 0.15) is 5.75 Å². The largest absolute Gasteiger partial charge is 0.468 e. The summed E-state index contributed by atoms with van der Waals surface area (Å²) in [5.41, 5.74) is 2.92. The minimum Gasteiger partial charge on any atom is -0.468 e. The molecule has 0 bridgehead atoms. The van der Waals surface area contributed by atoms with E-state index in [2.05, 4.69) is 0 Å². The van der Waals surface area contributed by atoms with Gasteiger partial charge in [-0.25, -0.2) is 0 Å². The molecule has 0 radical (unpaired) electrons. The second-order valence-electron chi connectivity index (χ2n) is 5.61. The first-order valence-corrected chi connectivity index (χ1v) is 7.67. The number of hydrogen-bond acceptors (Lipinski definition) is 3. The predicted molar refractivity (Wildman–Crippen MR) is 88.2 cm³/mol. The van der Waals surface area contributed by atoms with Crippen LogP contribution in [0.3, 0.4) is 0 Å². The van der Waals surface area contributed by atoms with Crippen molar-refractivity contribution < 1.29 is 9.94 Å². The normalized spacial score (nSPS) is 20.6. The van der Waals surface area contributed by atoms with Crippen LogP contribution in [0.15, 0.2) is 84.9 Å². The number of hydrogen-bond donors (Lipinski definition) is 1. The number of fused-ring (bicyclic) bond motifs is 1. The highest BCUT2D eigenvalue weighted by Gasteiger charge is 2.36. The predicted octanol–water partition coefficient (Wildman–Crippen LogP) is 4.56. The van der Waals surface area contributed by atoms with E-state index < -0.39 is 6.23 Å². The Kier molecular flexibility index (Phi) is 3.58. The van der Waals surface area contributed by atoms with Crippen molar-refractivity contribution in [2.24, 2.45) is 0 Å². The Hall–Kier alpha value is -2.62. The van der Waals surface area contributed by atoms with Gasteiger partial charge in [-0.3, -0.25) is 0 Å². The first kappa shape index (κ1) is 14.0. The molecule has 1 heterocycles. The summed E-state index contributed by atoms with van der Waals surface area (Å²) in [6.45, 7) is 0. The van der Waals surface area contributed by atoms with Crippen LogP contribution < -0.4 is 4.74 Å². The first-order valence-electron chi connectivity index (χ1n) is 7.67. The van der Waals surface area contributed by atoms with Gasteiger partial charge in [0.05, 0.1) is 6.04 Å². The summed E-state index contributed by atoms with van der Waals surface area (Å²) in [7, 11) is 0. The van der Waals surface area contributed by atoms with Crippen LogP contribution in [0.5, 0.6) is 5.75 Å². The Bertz CT molecular complexity index is 789. The van der Waals surface area contributed by atoms with Gasteiger partial charge < -0.3 is 9.94 Å². The zero-order valence-corrected chi connectivity index (χ0v) is 12.5. The molecule has 1 aliphatic heterocycles. The van der Waals surface area contributed by atoms with Crippen molar-refractivity contribution in [1.29, 1.82) is 0 Å². The van der Waals surface area contributed by atoms with Crippen molar-refractivity contribution >= 4 is 0 Å². The molecular weight excluding hydrogens is 286 g/mol. The number of ether oxygens (including phenoxy) is 1. The summed E-state index contributed by atoms with van der Waals surface area (Å²) in [4.78, 5) is 0. The summed E-state index contributed by atoms with van der Waals surface area (Å²) in [5.74, 6) is 0.806. The Labute approximate surface area is 135 Å². The van der Waals surface area contributed by atoms with E-state index in [0.717, 1.165) is 22.4 Å². The fourth-order valence-corrected chi connectivity index (χ4v) is 3.07. The standard InChI is InChI=1S/C20H17NO2/c22-21-19(15-9-3-1-4-10-15)17-13-7-8-14-18(17)23-20(21)16-11-5-2-6-12-16/h1-14,19-20,22H. The molecule has 3 aromatic carbocycles. The third-order valence-electron chi connectivity index (χ3n) is 4.16. The molecule has 2 unspecified atom stereocenters. The third-order valence-corrected chi connectivity index (χ3v) is 4.16. The second kappa shape index (κ2) is 5.88. The van der Waals surface area contributed by atoms with Gasteiger partial charge in [-0.15, -0.1) is 5.06 Å². The molecule has 4 rings (SSSR count). The zero-order valence-electron chi connectivity index (χ0n) is 12.5. The molecule has 3 nitrogen and oxygen atoms in total. The Morgan fingerprint density at radius 3 is 1.96 bits per heavy atom. The van der Waals surface area contributed by atoms with E-state index in [1.165, 1.54) is 5.06 Å². The van der Waals surface area contributed by atoms with Gasteiger partial charge in [-0.2, -0.15) is 0 Å². The van der Waals surface area contributed by atoms with Gasteiger partial charge in [0.25, 0.3) is 0 Å². The van der Waals surface area contributed by atoms with E-state index in [1.54, 1.807) is 0 Å². The molecule has 0 spiro atoms. The lowest BCUT2D eigenvalue weighted by Crippen LogP contribution is -2.37. The van der Waals surface area contributed by atoms with Crippen molar-refractivity contribution in [2.45, 2.75) is 12.3 Å². The van der Waals surface area contributed by atoms with Crippen molar-refractivity contribution in [1.82, 2.24) is 5.06 Å². The van der Waals surface area contributed by atoms with Crippen molar-refractivity contribution in [2.75, 3.05) is 0 Å². The SMILES string of the molecule is ON1C(c2ccccc2)Oc2ccccc2C1c1ccccc1. The molecule has 0 saturated heterocycles. The molecule has 3 heteroatoms. The van der Waals surface area contributed by atoms with Gasteiger partial charge in [0, 0.05) is 11.1 Å². The summed E-state index contributed by atoms with van der Waals surface area (Å²) in [6.07, 6.45) is -0.531. The second-order valence-corrected chi connectivity index (χ2v) is 5.61. The van der Waals surface area contributed by atoms with Gasteiger partial charge in [-0.05, 0) is 11.6 Å². The quantitative estimate of drug-likeness (QED) is 0.753. The molecule has 114 valence electrons. The van der Waals surface area contributed by atoms with Crippen LogP contribution >= 0.6 is 0 Å². The van der Waals surface area contributed by atoms with E-state index in [1.807, 2.05) is 84.9 Å². The minimum atomic E-state index is -0.531. The van der Waals surface area contributed by atoms with Gasteiger partial charge >= 0.3 is 0 Å². The number of hydroxylamine groups is 2.